The molecule has 3 aromatic rings. The molecule has 27 heavy (non-hydrogen) atoms. The average Bonchev–Trinajstić information content (AvgIpc) is 2.69. The van der Waals surface area contributed by atoms with E-state index in [1.165, 1.54) is 6.21 Å². The Morgan fingerprint density at radius 1 is 1.11 bits per heavy atom. The predicted molar refractivity (Wildman–Crippen MR) is 107 cm³/mol. The first-order valence-electron chi connectivity index (χ1n) is 8.53. The highest BCUT2D eigenvalue weighted by atomic mass is 16.5. The summed E-state index contributed by atoms with van der Waals surface area (Å²) in [5.74, 6) is 0.351. The third-order valence-corrected chi connectivity index (χ3v) is 4.03. The Hall–Kier alpha value is -3.60. The second-order valence-electron chi connectivity index (χ2n) is 5.90. The number of aromatic hydroxyl groups is 1. The summed E-state index contributed by atoms with van der Waals surface area (Å²) >= 11 is 0. The number of fused-ring (bicyclic) bond motifs is 1. The van der Waals surface area contributed by atoms with Gasteiger partial charge in [0.1, 0.15) is 11.5 Å². The number of carbonyl (C=O) groups excluding carboxylic acids is 1. The molecule has 0 atom stereocenters. The molecule has 3 rings (SSSR count). The average molecular weight is 360 g/mol. The number of hydrogen-bond donors (Lipinski definition) is 2. The summed E-state index contributed by atoms with van der Waals surface area (Å²) in [5, 5.41) is 15.8. The Morgan fingerprint density at radius 2 is 1.89 bits per heavy atom. The van der Waals surface area contributed by atoms with Crippen LogP contribution in [0.25, 0.3) is 10.8 Å². The van der Waals surface area contributed by atoms with E-state index in [1.807, 2.05) is 54.6 Å². The maximum Gasteiger partial charge on any atom is 0.277 e. The van der Waals surface area contributed by atoms with E-state index in [0.717, 1.165) is 16.3 Å². The summed E-state index contributed by atoms with van der Waals surface area (Å²) in [4.78, 5) is 12.0. The summed E-state index contributed by atoms with van der Waals surface area (Å²) in [6.07, 6.45) is 3.88. The van der Waals surface area contributed by atoms with Crippen LogP contribution in [0.3, 0.4) is 0 Å². The molecule has 0 saturated heterocycles. The third kappa shape index (κ3) is 4.52. The quantitative estimate of drug-likeness (QED) is 0.382. The van der Waals surface area contributed by atoms with Gasteiger partial charge in [-0.25, -0.2) is 5.43 Å². The summed E-state index contributed by atoms with van der Waals surface area (Å²) in [6, 6.07) is 18.6. The van der Waals surface area contributed by atoms with Gasteiger partial charge in [-0.3, -0.25) is 4.79 Å². The fourth-order valence-corrected chi connectivity index (χ4v) is 2.73. The molecule has 0 heterocycles. The van der Waals surface area contributed by atoms with E-state index in [9.17, 15) is 9.90 Å². The Labute approximate surface area is 157 Å². The van der Waals surface area contributed by atoms with Crippen LogP contribution in [0.5, 0.6) is 11.5 Å². The van der Waals surface area contributed by atoms with Crippen molar-refractivity contribution in [1.82, 2.24) is 5.43 Å². The topological polar surface area (TPSA) is 70.9 Å². The largest absolute Gasteiger partial charge is 0.507 e. The molecule has 5 heteroatoms. The van der Waals surface area contributed by atoms with E-state index in [4.69, 9.17) is 4.74 Å². The first-order chi connectivity index (χ1) is 13.2. The Kier molecular flexibility index (Phi) is 5.84. The van der Waals surface area contributed by atoms with E-state index in [2.05, 4.69) is 17.1 Å². The number of amides is 1. The van der Waals surface area contributed by atoms with Crippen molar-refractivity contribution in [2.24, 2.45) is 5.10 Å². The van der Waals surface area contributed by atoms with Gasteiger partial charge in [0.25, 0.3) is 5.91 Å². The molecule has 0 bridgehead atoms. The molecular weight excluding hydrogens is 340 g/mol. The number of ether oxygens (including phenoxy) is 1. The highest BCUT2D eigenvalue weighted by molar-refractivity contribution is 6.02. The smallest absolute Gasteiger partial charge is 0.277 e. The molecule has 1 amide bonds. The standard InChI is InChI=1S/C22H20N2O3/c1-2-7-17-9-4-6-11-21(17)27-15-22(26)24-23-14-19-18-10-5-3-8-16(18)12-13-20(19)25/h2-6,8-14,25H,1,7,15H2,(H,24,26). The molecule has 0 aromatic heterocycles. The summed E-state index contributed by atoms with van der Waals surface area (Å²) < 4.78 is 5.57. The normalized spacial score (nSPS) is 10.8. The SMILES string of the molecule is C=CCc1ccccc1OCC(=O)NN=Cc1c(O)ccc2ccccc12. The lowest BCUT2D eigenvalue weighted by Gasteiger charge is -2.09. The van der Waals surface area contributed by atoms with Crippen molar-refractivity contribution in [3.05, 3.63) is 84.4 Å². The third-order valence-electron chi connectivity index (χ3n) is 4.03. The van der Waals surface area contributed by atoms with Crippen molar-refractivity contribution in [3.63, 3.8) is 0 Å². The number of para-hydroxylation sites is 1. The maximum absolute atomic E-state index is 12.0. The van der Waals surface area contributed by atoms with E-state index in [1.54, 1.807) is 12.1 Å². The fraction of sp³-hybridized carbons (Fsp3) is 0.0909. The van der Waals surface area contributed by atoms with E-state index in [-0.39, 0.29) is 18.3 Å². The van der Waals surface area contributed by atoms with Crippen LogP contribution < -0.4 is 10.2 Å². The van der Waals surface area contributed by atoms with Crippen molar-refractivity contribution in [1.29, 1.82) is 0 Å². The monoisotopic (exact) mass is 360 g/mol. The van der Waals surface area contributed by atoms with Crippen LogP contribution in [-0.4, -0.2) is 23.8 Å². The van der Waals surface area contributed by atoms with Crippen molar-refractivity contribution in [2.75, 3.05) is 6.61 Å². The lowest BCUT2D eigenvalue weighted by Crippen LogP contribution is -2.24. The molecule has 136 valence electrons. The van der Waals surface area contributed by atoms with E-state index < -0.39 is 0 Å². The van der Waals surface area contributed by atoms with Gasteiger partial charge in [-0.2, -0.15) is 5.10 Å². The van der Waals surface area contributed by atoms with Crippen molar-refractivity contribution in [2.45, 2.75) is 6.42 Å². The van der Waals surface area contributed by atoms with E-state index in [0.29, 0.717) is 17.7 Å². The van der Waals surface area contributed by atoms with Crippen LogP contribution in [-0.2, 0) is 11.2 Å². The molecule has 0 unspecified atom stereocenters. The molecule has 0 spiro atoms. The second kappa shape index (κ2) is 8.67. The van der Waals surface area contributed by atoms with Crippen LogP contribution in [0.1, 0.15) is 11.1 Å². The van der Waals surface area contributed by atoms with Gasteiger partial charge < -0.3 is 9.84 Å². The number of phenols is 1. The first kappa shape index (κ1) is 18.2. The molecular formula is C22H20N2O3. The first-order valence-corrected chi connectivity index (χ1v) is 8.53. The number of phenolic OH excluding ortho intramolecular Hbond substituents is 1. The molecule has 0 fully saturated rings. The van der Waals surface area contributed by atoms with Crippen LogP contribution in [0.2, 0.25) is 0 Å². The fourth-order valence-electron chi connectivity index (χ4n) is 2.73. The Morgan fingerprint density at radius 3 is 2.74 bits per heavy atom. The highest BCUT2D eigenvalue weighted by Crippen LogP contribution is 2.25. The van der Waals surface area contributed by atoms with Gasteiger partial charge >= 0.3 is 0 Å². The van der Waals surface area contributed by atoms with Crippen LogP contribution in [0, 0.1) is 0 Å². The molecule has 3 aromatic carbocycles. The van der Waals surface area contributed by atoms with Gasteiger partial charge in [-0.15, -0.1) is 6.58 Å². The number of allylic oxidation sites excluding steroid dienone is 1. The van der Waals surface area contributed by atoms with Gasteiger partial charge in [0, 0.05) is 5.56 Å². The summed E-state index contributed by atoms with van der Waals surface area (Å²) in [6.45, 7) is 3.56. The minimum Gasteiger partial charge on any atom is -0.507 e. The van der Waals surface area contributed by atoms with Gasteiger partial charge in [0.05, 0.1) is 6.21 Å². The Balaban J connectivity index is 1.63. The number of hydrogen-bond acceptors (Lipinski definition) is 4. The van der Waals surface area contributed by atoms with Gasteiger partial charge in [0.2, 0.25) is 0 Å². The zero-order valence-electron chi connectivity index (χ0n) is 14.8. The molecule has 2 N–H and O–H groups in total. The van der Waals surface area contributed by atoms with Crippen LogP contribution in [0.4, 0.5) is 0 Å². The number of hydrazone groups is 1. The molecule has 0 aliphatic carbocycles. The molecule has 5 nitrogen and oxygen atoms in total. The van der Waals surface area contributed by atoms with Crippen molar-refractivity contribution < 1.29 is 14.6 Å². The van der Waals surface area contributed by atoms with Gasteiger partial charge in [-0.1, -0.05) is 54.6 Å². The second-order valence-corrected chi connectivity index (χ2v) is 5.90. The highest BCUT2D eigenvalue weighted by Gasteiger charge is 2.07. The number of nitrogens with one attached hydrogen (secondary N) is 1. The Bertz CT molecular complexity index is 996. The van der Waals surface area contributed by atoms with E-state index >= 15 is 0 Å². The molecule has 0 aliphatic heterocycles. The van der Waals surface area contributed by atoms with Crippen molar-refractivity contribution in [3.8, 4) is 11.5 Å². The van der Waals surface area contributed by atoms with Gasteiger partial charge in [0.15, 0.2) is 6.61 Å². The number of rotatable bonds is 7. The minimum atomic E-state index is -0.389. The van der Waals surface area contributed by atoms with Crippen molar-refractivity contribution >= 4 is 22.9 Å². The lowest BCUT2D eigenvalue weighted by molar-refractivity contribution is -0.123. The van der Waals surface area contributed by atoms with Crippen LogP contribution in [0.15, 0.2) is 78.4 Å². The maximum atomic E-state index is 12.0. The molecule has 0 radical (unpaired) electrons. The molecule has 0 aliphatic rings. The summed E-state index contributed by atoms with van der Waals surface area (Å²) in [7, 11) is 0. The summed E-state index contributed by atoms with van der Waals surface area (Å²) in [5.41, 5.74) is 3.93. The zero-order chi connectivity index (χ0) is 19.1. The number of benzene rings is 3. The minimum absolute atomic E-state index is 0.0984. The zero-order valence-corrected chi connectivity index (χ0v) is 14.8. The number of nitrogens with zero attached hydrogens (tertiary/aromatic N) is 1. The van der Waals surface area contributed by atoms with Gasteiger partial charge in [-0.05, 0) is 34.9 Å². The predicted octanol–water partition coefficient (Wildman–Crippen LogP) is 3.80. The lowest BCUT2D eigenvalue weighted by atomic mass is 10.0. The molecule has 0 saturated carbocycles. The number of carbonyl (C=O) groups is 1. The van der Waals surface area contributed by atoms with Crippen LogP contribution >= 0.6 is 0 Å².